The van der Waals surface area contributed by atoms with E-state index in [0.29, 0.717) is 24.5 Å². The number of hydrogen-bond acceptors (Lipinski definition) is 5. The highest BCUT2D eigenvalue weighted by molar-refractivity contribution is 5.89. The van der Waals surface area contributed by atoms with Crippen molar-refractivity contribution in [3.8, 4) is 0 Å². The molecule has 6 nitrogen and oxygen atoms in total. The zero-order valence-electron chi connectivity index (χ0n) is 8.50. The van der Waals surface area contributed by atoms with Gasteiger partial charge in [-0.05, 0) is 29.4 Å². The first-order valence-electron chi connectivity index (χ1n) is 4.86. The van der Waals surface area contributed by atoms with E-state index in [9.17, 15) is 9.70 Å². The quantitative estimate of drug-likeness (QED) is 0.781. The Balaban J connectivity index is 2.18. The van der Waals surface area contributed by atoms with Crippen LogP contribution in [0.15, 0.2) is 29.4 Å². The molecule has 16 heavy (non-hydrogen) atoms. The number of nitrogens with two attached hydrogens (primary N) is 1. The molecule has 2 rings (SSSR count). The van der Waals surface area contributed by atoms with Crippen LogP contribution in [0.4, 0.5) is 16.2 Å². The van der Waals surface area contributed by atoms with Crippen LogP contribution in [0.3, 0.4) is 0 Å². The Kier molecular flexibility index (Phi) is 2.82. The van der Waals surface area contributed by atoms with Crippen LogP contribution in [-0.4, -0.2) is 25.3 Å². The van der Waals surface area contributed by atoms with Gasteiger partial charge in [0, 0.05) is 12.2 Å². The van der Waals surface area contributed by atoms with Gasteiger partial charge in [-0.25, -0.2) is 4.79 Å². The number of benzene rings is 1. The first kappa shape index (κ1) is 10.6. The summed E-state index contributed by atoms with van der Waals surface area (Å²) in [5.41, 5.74) is 6.42. The van der Waals surface area contributed by atoms with E-state index in [-0.39, 0.29) is 6.10 Å². The number of hydrogen-bond donors (Lipinski definition) is 1. The zero-order chi connectivity index (χ0) is 11.5. The third kappa shape index (κ3) is 1.87. The van der Waals surface area contributed by atoms with E-state index < -0.39 is 6.09 Å². The lowest BCUT2D eigenvalue weighted by Crippen LogP contribution is -2.27. The van der Waals surface area contributed by atoms with Crippen LogP contribution in [0.5, 0.6) is 0 Å². The third-order valence-electron chi connectivity index (χ3n) is 2.40. The van der Waals surface area contributed by atoms with Crippen molar-refractivity contribution < 1.29 is 9.53 Å². The van der Waals surface area contributed by atoms with E-state index in [0.717, 1.165) is 0 Å². The van der Waals surface area contributed by atoms with Gasteiger partial charge in [0.25, 0.3) is 0 Å². The molecule has 6 heteroatoms. The van der Waals surface area contributed by atoms with E-state index in [2.05, 4.69) is 5.18 Å². The van der Waals surface area contributed by atoms with Gasteiger partial charge >= 0.3 is 6.09 Å². The summed E-state index contributed by atoms with van der Waals surface area (Å²) in [7, 11) is 0. The summed E-state index contributed by atoms with van der Waals surface area (Å²) in [6, 6.07) is 6.39. The highest BCUT2D eigenvalue weighted by Gasteiger charge is 2.31. The Bertz CT molecular complexity index is 404. The van der Waals surface area contributed by atoms with E-state index in [1.807, 2.05) is 0 Å². The number of ether oxygens (including phenoxy) is 1. The standard InChI is InChI=1S/C10H11N3O3/c11-5-9-6-13(10(14)16-9)8-3-1-7(12-15)2-4-8/h1-4,9H,5-6,11H2. The Morgan fingerprint density at radius 3 is 2.62 bits per heavy atom. The molecule has 1 heterocycles. The molecule has 1 aromatic rings. The van der Waals surface area contributed by atoms with Crippen molar-refractivity contribution in [1.29, 1.82) is 0 Å². The average Bonchev–Trinajstić information content (AvgIpc) is 2.71. The Labute approximate surface area is 92.0 Å². The maximum atomic E-state index is 11.5. The molecule has 2 N–H and O–H groups in total. The van der Waals surface area contributed by atoms with Gasteiger partial charge in [-0.1, -0.05) is 0 Å². The SMILES string of the molecule is NCC1CN(c2ccc(N=O)cc2)C(=O)O1. The van der Waals surface area contributed by atoms with Crippen LogP contribution in [-0.2, 0) is 4.74 Å². The summed E-state index contributed by atoms with van der Waals surface area (Å²) in [6.45, 7) is 0.736. The van der Waals surface area contributed by atoms with Gasteiger partial charge in [-0.15, -0.1) is 4.91 Å². The highest BCUT2D eigenvalue weighted by atomic mass is 16.6. The van der Waals surface area contributed by atoms with Crippen molar-refractivity contribution in [2.45, 2.75) is 6.10 Å². The molecule has 1 aliphatic rings. The van der Waals surface area contributed by atoms with Gasteiger partial charge in [-0.2, -0.15) is 0 Å². The molecule has 0 aliphatic carbocycles. The number of carbonyl (C=O) groups is 1. The van der Waals surface area contributed by atoms with Gasteiger partial charge in [0.1, 0.15) is 11.8 Å². The van der Waals surface area contributed by atoms with E-state index >= 15 is 0 Å². The topological polar surface area (TPSA) is 85.0 Å². The molecule has 84 valence electrons. The molecule has 1 saturated heterocycles. The van der Waals surface area contributed by atoms with Crippen LogP contribution in [0.1, 0.15) is 0 Å². The van der Waals surface area contributed by atoms with Gasteiger partial charge < -0.3 is 10.5 Å². The molecule has 1 fully saturated rings. The van der Waals surface area contributed by atoms with Gasteiger partial charge in [0.05, 0.1) is 6.54 Å². The zero-order valence-corrected chi connectivity index (χ0v) is 8.50. The number of nitrogens with zero attached hydrogens (tertiary/aromatic N) is 2. The summed E-state index contributed by atoms with van der Waals surface area (Å²) in [5.74, 6) is 0. The second-order valence-electron chi connectivity index (χ2n) is 3.46. The fourth-order valence-corrected chi connectivity index (χ4v) is 1.55. The van der Waals surface area contributed by atoms with Crippen LogP contribution < -0.4 is 10.6 Å². The Morgan fingerprint density at radius 1 is 1.44 bits per heavy atom. The number of cyclic esters (lactones) is 1. The molecule has 1 aromatic carbocycles. The van der Waals surface area contributed by atoms with Crippen molar-refractivity contribution >= 4 is 17.5 Å². The molecule has 0 spiro atoms. The van der Waals surface area contributed by atoms with Crippen LogP contribution >= 0.6 is 0 Å². The molecule has 1 amide bonds. The van der Waals surface area contributed by atoms with E-state index in [1.54, 1.807) is 24.3 Å². The molecule has 0 saturated carbocycles. The Hall–Kier alpha value is -1.95. The molecular formula is C10H11N3O3. The normalized spacial score (nSPS) is 19.7. The third-order valence-corrected chi connectivity index (χ3v) is 2.40. The summed E-state index contributed by atoms with van der Waals surface area (Å²) in [6.07, 6.45) is -0.682. The second-order valence-corrected chi connectivity index (χ2v) is 3.46. The molecule has 1 aliphatic heterocycles. The maximum Gasteiger partial charge on any atom is 0.414 e. The molecular weight excluding hydrogens is 210 g/mol. The molecule has 0 radical (unpaired) electrons. The number of anilines is 1. The Morgan fingerprint density at radius 2 is 2.12 bits per heavy atom. The fourth-order valence-electron chi connectivity index (χ4n) is 1.55. The molecule has 0 aromatic heterocycles. The largest absolute Gasteiger partial charge is 0.443 e. The minimum absolute atomic E-state index is 0.267. The first-order valence-corrected chi connectivity index (χ1v) is 4.86. The second kappa shape index (κ2) is 4.28. The lowest BCUT2D eigenvalue weighted by atomic mass is 10.2. The molecule has 1 atom stereocenters. The van der Waals surface area contributed by atoms with Crippen molar-refractivity contribution in [1.82, 2.24) is 0 Å². The maximum absolute atomic E-state index is 11.5. The van der Waals surface area contributed by atoms with Crippen LogP contribution in [0.25, 0.3) is 0 Å². The van der Waals surface area contributed by atoms with Crippen molar-refractivity contribution in [3.05, 3.63) is 29.2 Å². The highest BCUT2D eigenvalue weighted by Crippen LogP contribution is 2.23. The minimum atomic E-state index is -0.415. The van der Waals surface area contributed by atoms with E-state index in [4.69, 9.17) is 10.5 Å². The summed E-state index contributed by atoms with van der Waals surface area (Å²) in [4.78, 5) is 23.2. The summed E-state index contributed by atoms with van der Waals surface area (Å²) >= 11 is 0. The number of nitroso groups, excluding NO2 is 1. The minimum Gasteiger partial charge on any atom is -0.443 e. The van der Waals surface area contributed by atoms with Crippen LogP contribution in [0, 0.1) is 4.91 Å². The summed E-state index contributed by atoms with van der Waals surface area (Å²) in [5, 5.41) is 2.78. The predicted molar refractivity (Wildman–Crippen MR) is 58.6 cm³/mol. The number of amides is 1. The monoisotopic (exact) mass is 221 g/mol. The smallest absolute Gasteiger partial charge is 0.414 e. The van der Waals surface area contributed by atoms with Gasteiger partial charge in [0.2, 0.25) is 0 Å². The molecule has 1 unspecified atom stereocenters. The van der Waals surface area contributed by atoms with E-state index in [1.165, 1.54) is 4.90 Å². The predicted octanol–water partition coefficient (Wildman–Crippen LogP) is 1.37. The average molecular weight is 221 g/mol. The first-order chi connectivity index (χ1) is 7.74. The van der Waals surface area contributed by atoms with Gasteiger partial charge in [0.15, 0.2) is 0 Å². The lowest BCUT2D eigenvalue weighted by molar-refractivity contribution is 0.145. The van der Waals surface area contributed by atoms with Gasteiger partial charge in [-0.3, -0.25) is 4.90 Å². The van der Waals surface area contributed by atoms with Crippen LogP contribution in [0.2, 0.25) is 0 Å². The number of carbonyl (C=O) groups excluding carboxylic acids is 1. The summed E-state index contributed by atoms with van der Waals surface area (Å²) < 4.78 is 5.01. The van der Waals surface area contributed by atoms with Crippen molar-refractivity contribution in [2.75, 3.05) is 18.0 Å². The fraction of sp³-hybridized carbons (Fsp3) is 0.300. The molecule has 0 bridgehead atoms. The van der Waals surface area contributed by atoms with Crippen molar-refractivity contribution in [2.24, 2.45) is 10.9 Å². The van der Waals surface area contributed by atoms with Crippen molar-refractivity contribution in [3.63, 3.8) is 0 Å². The number of rotatable bonds is 3. The lowest BCUT2D eigenvalue weighted by Gasteiger charge is -2.12.